The van der Waals surface area contributed by atoms with Gasteiger partial charge in [0.25, 0.3) is 0 Å². The summed E-state index contributed by atoms with van der Waals surface area (Å²) in [5.74, 6) is 0. The molecule has 0 aromatic heterocycles. The van der Waals surface area contributed by atoms with Crippen molar-refractivity contribution in [2.24, 2.45) is 5.41 Å². The van der Waals surface area contributed by atoms with E-state index in [1.165, 1.54) is 19.3 Å². The monoisotopic (exact) mass is 270 g/mol. The summed E-state index contributed by atoms with van der Waals surface area (Å²) >= 11 is 1.98. The number of nitrogens with one attached hydrogen (secondary N) is 1. The second-order valence-corrected chi connectivity index (χ2v) is 7.00. The van der Waals surface area contributed by atoms with Gasteiger partial charge in [0.1, 0.15) is 0 Å². The number of nitriles is 1. The molecule has 0 atom stereocenters. The molecule has 0 saturated heterocycles. The molecule has 0 aliphatic heterocycles. The number of hydrogen-bond acceptors (Lipinski definition) is 3. The largest absolute Gasteiger partial charge is 0.315 e. The first kappa shape index (κ1) is 17.8. The molecule has 18 heavy (non-hydrogen) atoms. The van der Waals surface area contributed by atoms with Gasteiger partial charge in [0.05, 0.1) is 11.5 Å². The molecule has 3 heteroatoms. The fourth-order valence-electron chi connectivity index (χ4n) is 2.05. The molecular weight excluding hydrogens is 240 g/mol. The molecule has 0 aromatic rings. The Bertz CT molecular complexity index is 243. The number of hydrogen-bond donors (Lipinski definition) is 1. The third-order valence-electron chi connectivity index (χ3n) is 3.88. The van der Waals surface area contributed by atoms with E-state index in [-0.39, 0.29) is 5.41 Å². The van der Waals surface area contributed by atoms with Crippen molar-refractivity contribution in [3.63, 3.8) is 0 Å². The van der Waals surface area contributed by atoms with Gasteiger partial charge in [0, 0.05) is 11.3 Å². The summed E-state index contributed by atoms with van der Waals surface area (Å²) in [4.78, 5) is 0. The molecule has 0 aliphatic rings. The van der Waals surface area contributed by atoms with Gasteiger partial charge in [-0.3, -0.25) is 0 Å². The third-order valence-corrected chi connectivity index (χ3v) is 5.46. The van der Waals surface area contributed by atoms with Crippen molar-refractivity contribution in [2.75, 3.05) is 19.3 Å². The van der Waals surface area contributed by atoms with Crippen LogP contribution in [0.4, 0.5) is 0 Å². The highest BCUT2D eigenvalue weighted by molar-refractivity contribution is 8.00. The van der Waals surface area contributed by atoms with Crippen LogP contribution in [0.3, 0.4) is 0 Å². The van der Waals surface area contributed by atoms with E-state index >= 15 is 0 Å². The Morgan fingerprint density at radius 3 is 2.22 bits per heavy atom. The van der Waals surface area contributed by atoms with E-state index in [9.17, 15) is 0 Å². The summed E-state index contributed by atoms with van der Waals surface area (Å²) in [6.45, 7) is 10.8. The predicted molar refractivity (Wildman–Crippen MR) is 82.9 cm³/mol. The molecule has 0 saturated carbocycles. The minimum atomic E-state index is -0.157. The van der Waals surface area contributed by atoms with Gasteiger partial charge in [-0.2, -0.15) is 17.0 Å². The van der Waals surface area contributed by atoms with Gasteiger partial charge >= 0.3 is 0 Å². The maximum absolute atomic E-state index is 8.93. The van der Waals surface area contributed by atoms with Crippen molar-refractivity contribution >= 4 is 11.8 Å². The van der Waals surface area contributed by atoms with Crippen LogP contribution in [-0.2, 0) is 0 Å². The van der Waals surface area contributed by atoms with E-state index in [0.29, 0.717) is 4.75 Å². The lowest BCUT2D eigenvalue weighted by molar-refractivity contribution is 0.416. The Balaban J connectivity index is 3.72. The maximum Gasteiger partial charge on any atom is 0.0683 e. The summed E-state index contributed by atoms with van der Waals surface area (Å²) in [6, 6.07) is 2.36. The van der Waals surface area contributed by atoms with E-state index in [1.807, 2.05) is 25.6 Å². The van der Waals surface area contributed by atoms with Crippen LogP contribution in [0.25, 0.3) is 0 Å². The average molecular weight is 270 g/mol. The Morgan fingerprint density at radius 1 is 1.17 bits per heavy atom. The van der Waals surface area contributed by atoms with Crippen LogP contribution in [0.2, 0.25) is 0 Å². The highest BCUT2D eigenvalue weighted by Gasteiger charge is 2.23. The number of nitrogens with zero attached hydrogens (tertiary/aromatic N) is 1. The molecule has 0 spiro atoms. The molecule has 2 nitrogen and oxygen atoms in total. The summed E-state index contributed by atoms with van der Waals surface area (Å²) in [5.41, 5.74) is -0.157. The highest BCUT2D eigenvalue weighted by atomic mass is 32.2. The van der Waals surface area contributed by atoms with Gasteiger partial charge < -0.3 is 5.32 Å². The summed E-state index contributed by atoms with van der Waals surface area (Å²) in [6.07, 6.45) is 7.96. The topological polar surface area (TPSA) is 35.8 Å². The van der Waals surface area contributed by atoms with Gasteiger partial charge in [-0.1, -0.05) is 20.3 Å². The first-order valence-electron chi connectivity index (χ1n) is 7.12. The van der Waals surface area contributed by atoms with Crippen LogP contribution in [0.1, 0.15) is 59.8 Å². The Morgan fingerprint density at radius 2 is 1.78 bits per heavy atom. The Hall–Kier alpha value is -0.200. The van der Waals surface area contributed by atoms with Gasteiger partial charge in [-0.15, -0.1) is 0 Å². The second-order valence-electron chi connectivity index (χ2n) is 5.72. The summed E-state index contributed by atoms with van der Waals surface area (Å²) < 4.78 is 0.409. The Kier molecular flexibility index (Phi) is 8.73. The van der Waals surface area contributed by atoms with E-state index in [1.54, 1.807) is 0 Å². The average Bonchev–Trinajstić information content (AvgIpc) is 2.39. The van der Waals surface area contributed by atoms with E-state index in [2.05, 4.69) is 31.5 Å². The highest BCUT2D eigenvalue weighted by Crippen LogP contribution is 2.29. The minimum Gasteiger partial charge on any atom is -0.315 e. The van der Waals surface area contributed by atoms with Crippen molar-refractivity contribution in [1.82, 2.24) is 5.32 Å². The molecule has 0 radical (unpaired) electrons. The smallest absolute Gasteiger partial charge is 0.0683 e. The zero-order chi connectivity index (χ0) is 14.1. The molecule has 0 aromatic carbocycles. The molecule has 1 N–H and O–H groups in total. The Labute approximate surface area is 118 Å². The fourth-order valence-corrected chi connectivity index (χ4v) is 2.87. The summed E-state index contributed by atoms with van der Waals surface area (Å²) in [5, 5.41) is 12.5. The number of unbranched alkanes of at least 4 members (excludes halogenated alkanes) is 1. The van der Waals surface area contributed by atoms with Crippen molar-refractivity contribution in [1.29, 1.82) is 5.26 Å². The van der Waals surface area contributed by atoms with Crippen molar-refractivity contribution in [2.45, 2.75) is 64.5 Å². The lowest BCUT2D eigenvalue weighted by Gasteiger charge is -2.30. The first-order chi connectivity index (χ1) is 8.45. The third kappa shape index (κ3) is 6.66. The summed E-state index contributed by atoms with van der Waals surface area (Å²) in [7, 11) is 0. The number of thioether (sulfide) groups is 1. The molecule has 0 unspecified atom stereocenters. The van der Waals surface area contributed by atoms with Crippen LogP contribution < -0.4 is 5.32 Å². The lowest BCUT2D eigenvalue weighted by Crippen LogP contribution is -2.37. The normalized spacial score (nSPS) is 12.4. The van der Waals surface area contributed by atoms with E-state index < -0.39 is 0 Å². The zero-order valence-electron chi connectivity index (χ0n) is 12.8. The standard InChI is InChI=1S/C15H30N2S/c1-6-15(7-2,18-5)13-17-11-9-8-10-14(3,4)12-16/h17H,6-11,13H2,1-5H3. The van der Waals surface area contributed by atoms with Crippen LogP contribution in [-0.4, -0.2) is 24.1 Å². The second kappa shape index (κ2) is 8.82. The lowest BCUT2D eigenvalue weighted by atomic mass is 9.89. The molecule has 106 valence electrons. The van der Waals surface area contributed by atoms with Gasteiger partial charge in [0.15, 0.2) is 0 Å². The van der Waals surface area contributed by atoms with E-state index in [0.717, 1.165) is 25.9 Å². The molecule has 0 bridgehead atoms. The zero-order valence-corrected chi connectivity index (χ0v) is 13.6. The van der Waals surface area contributed by atoms with Crippen LogP contribution in [0, 0.1) is 16.7 Å². The minimum absolute atomic E-state index is 0.157. The van der Waals surface area contributed by atoms with Gasteiger partial charge in [0.2, 0.25) is 0 Å². The first-order valence-corrected chi connectivity index (χ1v) is 8.35. The molecule has 0 heterocycles. The number of rotatable bonds is 10. The van der Waals surface area contributed by atoms with Crippen LogP contribution >= 0.6 is 11.8 Å². The maximum atomic E-state index is 8.93. The molecule has 0 amide bonds. The van der Waals surface area contributed by atoms with Crippen molar-refractivity contribution < 1.29 is 0 Å². The van der Waals surface area contributed by atoms with Crippen molar-refractivity contribution in [3.05, 3.63) is 0 Å². The molecule has 0 aliphatic carbocycles. The quantitative estimate of drug-likeness (QED) is 0.604. The van der Waals surface area contributed by atoms with Crippen LogP contribution in [0.15, 0.2) is 0 Å². The van der Waals surface area contributed by atoms with Crippen molar-refractivity contribution in [3.8, 4) is 6.07 Å². The SMILES string of the molecule is CCC(CC)(CNCCCCC(C)(C)C#N)SC. The van der Waals surface area contributed by atoms with Gasteiger partial charge in [-0.25, -0.2) is 0 Å². The molecule has 0 fully saturated rings. The van der Waals surface area contributed by atoms with Crippen LogP contribution in [0.5, 0.6) is 0 Å². The molecular formula is C15H30N2S. The predicted octanol–water partition coefficient (Wildman–Crippen LogP) is 4.22. The molecule has 0 rings (SSSR count). The van der Waals surface area contributed by atoms with Gasteiger partial charge in [-0.05, 0) is 52.3 Å². The van der Waals surface area contributed by atoms with E-state index in [4.69, 9.17) is 5.26 Å². The fraction of sp³-hybridized carbons (Fsp3) is 0.933.